The third kappa shape index (κ3) is 3.98. The van der Waals surface area contributed by atoms with Crippen LogP contribution in [0, 0.1) is 6.92 Å². The van der Waals surface area contributed by atoms with Gasteiger partial charge in [-0.1, -0.05) is 19.4 Å². The van der Waals surface area contributed by atoms with Crippen molar-refractivity contribution in [2.75, 3.05) is 23.7 Å². The molecule has 1 rings (SSSR count). The van der Waals surface area contributed by atoms with Gasteiger partial charge in [-0.25, -0.2) is 0 Å². The van der Waals surface area contributed by atoms with Crippen molar-refractivity contribution in [2.24, 2.45) is 5.73 Å². The minimum atomic E-state index is -0.319. The van der Waals surface area contributed by atoms with E-state index in [0.29, 0.717) is 0 Å². The largest absolute Gasteiger partial charge is 0.398 e. The normalized spacial score (nSPS) is 10.2. The Labute approximate surface area is 103 Å². The predicted molar refractivity (Wildman–Crippen MR) is 71.9 cm³/mol. The fourth-order valence-corrected chi connectivity index (χ4v) is 1.66. The molecular formula is C13H21N3O. The maximum absolute atomic E-state index is 11.0. The van der Waals surface area contributed by atoms with E-state index >= 15 is 0 Å². The summed E-state index contributed by atoms with van der Waals surface area (Å²) in [5.74, 6) is -0.319. The maximum atomic E-state index is 11.0. The number of anilines is 2. The van der Waals surface area contributed by atoms with Crippen molar-refractivity contribution in [1.29, 1.82) is 0 Å². The smallest absolute Gasteiger partial charge is 0.236 e. The SMILES string of the molecule is CCCCN(CC(N)=O)c1ccc(C)c(N)c1. The molecule has 1 amide bonds. The summed E-state index contributed by atoms with van der Waals surface area (Å²) in [5, 5.41) is 0. The lowest BCUT2D eigenvalue weighted by Crippen LogP contribution is -2.34. The Morgan fingerprint density at radius 2 is 2.12 bits per heavy atom. The zero-order valence-corrected chi connectivity index (χ0v) is 10.6. The summed E-state index contributed by atoms with van der Waals surface area (Å²) in [6.45, 7) is 5.14. The van der Waals surface area contributed by atoms with Crippen LogP contribution in [0.2, 0.25) is 0 Å². The number of carbonyl (C=O) groups is 1. The number of primary amides is 1. The van der Waals surface area contributed by atoms with Gasteiger partial charge in [0.05, 0.1) is 6.54 Å². The number of aryl methyl sites for hydroxylation is 1. The third-order valence-electron chi connectivity index (χ3n) is 2.76. The van der Waals surface area contributed by atoms with Crippen LogP contribution in [0.3, 0.4) is 0 Å². The molecule has 0 spiro atoms. The molecule has 17 heavy (non-hydrogen) atoms. The Kier molecular flexibility index (Phi) is 4.82. The average Bonchev–Trinajstić information content (AvgIpc) is 2.27. The van der Waals surface area contributed by atoms with Gasteiger partial charge in [0, 0.05) is 17.9 Å². The molecule has 0 aliphatic rings. The van der Waals surface area contributed by atoms with Crippen LogP contribution < -0.4 is 16.4 Å². The van der Waals surface area contributed by atoms with Gasteiger partial charge in [0.2, 0.25) is 5.91 Å². The first kappa shape index (κ1) is 13.4. The molecule has 0 saturated heterocycles. The number of rotatable bonds is 6. The van der Waals surface area contributed by atoms with Crippen LogP contribution in [0.5, 0.6) is 0 Å². The molecule has 0 heterocycles. The number of nitrogens with zero attached hydrogens (tertiary/aromatic N) is 1. The Hall–Kier alpha value is -1.71. The maximum Gasteiger partial charge on any atom is 0.236 e. The highest BCUT2D eigenvalue weighted by Gasteiger charge is 2.09. The molecule has 0 aliphatic heterocycles. The van der Waals surface area contributed by atoms with Gasteiger partial charge in [0.15, 0.2) is 0 Å². The second kappa shape index (κ2) is 6.13. The molecule has 1 aromatic rings. The number of hydrogen-bond acceptors (Lipinski definition) is 3. The zero-order valence-electron chi connectivity index (χ0n) is 10.6. The van der Waals surface area contributed by atoms with E-state index in [1.807, 2.05) is 30.0 Å². The van der Waals surface area contributed by atoms with Gasteiger partial charge in [-0.15, -0.1) is 0 Å². The van der Waals surface area contributed by atoms with Gasteiger partial charge < -0.3 is 16.4 Å². The number of carbonyl (C=O) groups excluding carboxylic acids is 1. The lowest BCUT2D eigenvalue weighted by atomic mass is 10.1. The molecular weight excluding hydrogens is 214 g/mol. The molecule has 0 radical (unpaired) electrons. The first-order chi connectivity index (χ1) is 8.04. The van der Waals surface area contributed by atoms with Crippen LogP contribution >= 0.6 is 0 Å². The number of nitrogen functional groups attached to an aromatic ring is 1. The van der Waals surface area contributed by atoms with E-state index in [2.05, 4.69) is 6.92 Å². The van der Waals surface area contributed by atoms with Crippen LogP contribution in [0.15, 0.2) is 18.2 Å². The highest BCUT2D eigenvalue weighted by molar-refractivity contribution is 5.80. The Morgan fingerprint density at radius 3 is 2.65 bits per heavy atom. The summed E-state index contributed by atoms with van der Waals surface area (Å²) < 4.78 is 0. The van der Waals surface area contributed by atoms with Gasteiger partial charge in [-0.3, -0.25) is 4.79 Å². The van der Waals surface area contributed by atoms with Gasteiger partial charge >= 0.3 is 0 Å². The van der Waals surface area contributed by atoms with Crippen LogP contribution in [0.4, 0.5) is 11.4 Å². The van der Waals surface area contributed by atoms with Crippen molar-refractivity contribution < 1.29 is 4.79 Å². The molecule has 0 saturated carbocycles. The van der Waals surface area contributed by atoms with Crippen LogP contribution in [-0.4, -0.2) is 19.0 Å². The molecule has 0 aliphatic carbocycles. The van der Waals surface area contributed by atoms with Crippen molar-refractivity contribution in [3.63, 3.8) is 0 Å². The van der Waals surface area contributed by atoms with Crippen LogP contribution in [0.25, 0.3) is 0 Å². The summed E-state index contributed by atoms with van der Waals surface area (Å²) in [5.41, 5.74) is 13.9. The first-order valence-electron chi connectivity index (χ1n) is 5.94. The summed E-state index contributed by atoms with van der Waals surface area (Å²) >= 11 is 0. The fourth-order valence-electron chi connectivity index (χ4n) is 1.66. The number of amides is 1. The van der Waals surface area contributed by atoms with Gasteiger partial charge in [-0.2, -0.15) is 0 Å². The van der Waals surface area contributed by atoms with Crippen LogP contribution in [-0.2, 0) is 4.79 Å². The topological polar surface area (TPSA) is 72.3 Å². The minimum absolute atomic E-state index is 0.239. The van der Waals surface area contributed by atoms with Crippen molar-refractivity contribution >= 4 is 17.3 Å². The highest BCUT2D eigenvalue weighted by Crippen LogP contribution is 2.21. The lowest BCUT2D eigenvalue weighted by Gasteiger charge is -2.23. The molecule has 0 fully saturated rings. The van der Waals surface area contributed by atoms with E-state index in [-0.39, 0.29) is 12.5 Å². The molecule has 4 nitrogen and oxygen atoms in total. The molecule has 0 aromatic heterocycles. The Bertz CT molecular complexity index is 390. The number of hydrogen-bond donors (Lipinski definition) is 2. The molecule has 0 bridgehead atoms. The summed E-state index contributed by atoms with van der Waals surface area (Å²) in [7, 11) is 0. The number of unbranched alkanes of at least 4 members (excludes halogenated alkanes) is 1. The molecule has 4 N–H and O–H groups in total. The Morgan fingerprint density at radius 1 is 1.41 bits per heavy atom. The van der Waals surface area contributed by atoms with Gasteiger partial charge in [0.25, 0.3) is 0 Å². The molecule has 0 atom stereocenters. The average molecular weight is 235 g/mol. The van der Waals surface area contributed by atoms with E-state index in [1.165, 1.54) is 0 Å². The van der Waals surface area contributed by atoms with Crippen molar-refractivity contribution in [3.05, 3.63) is 23.8 Å². The lowest BCUT2D eigenvalue weighted by molar-refractivity contribution is -0.116. The molecule has 4 heteroatoms. The highest BCUT2D eigenvalue weighted by atomic mass is 16.1. The Balaban J connectivity index is 2.86. The van der Waals surface area contributed by atoms with E-state index < -0.39 is 0 Å². The molecule has 0 unspecified atom stereocenters. The summed E-state index contributed by atoms with van der Waals surface area (Å²) in [4.78, 5) is 13.0. The van der Waals surface area contributed by atoms with Crippen molar-refractivity contribution in [2.45, 2.75) is 26.7 Å². The van der Waals surface area contributed by atoms with Gasteiger partial charge in [0.1, 0.15) is 0 Å². The quantitative estimate of drug-likeness (QED) is 0.737. The summed E-state index contributed by atoms with van der Waals surface area (Å²) in [6, 6.07) is 5.84. The van der Waals surface area contributed by atoms with Crippen molar-refractivity contribution in [3.8, 4) is 0 Å². The number of nitrogens with two attached hydrogens (primary N) is 2. The van der Waals surface area contributed by atoms with Crippen LogP contribution in [0.1, 0.15) is 25.3 Å². The van der Waals surface area contributed by atoms with Gasteiger partial charge in [-0.05, 0) is 31.0 Å². The third-order valence-corrected chi connectivity index (χ3v) is 2.76. The predicted octanol–water partition coefficient (Wildman–Crippen LogP) is 1.67. The van der Waals surface area contributed by atoms with Crippen molar-refractivity contribution in [1.82, 2.24) is 0 Å². The standard InChI is InChI=1S/C13H21N3O/c1-3-4-7-16(9-13(15)17)11-6-5-10(2)12(14)8-11/h5-6,8H,3-4,7,9,14H2,1-2H3,(H2,15,17). The molecule has 1 aromatic carbocycles. The van der Waals surface area contributed by atoms with E-state index in [1.54, 1.807) is 0 Å². The van der Waals surface area contributed by atoms with E-state index in [4.69, 9.17) is 11.5 Å². The zero-order chi connectivity index (χ0) is 12.8. The minimum Gasteiger partial charge on any atom is -0.398 e. The second-order valence-corrected chi connectivity index (χ2v) is 4.28. The first-order valence-corrected chi connectivity index (χ1v) is 5.94. The fraction of sp³-hybridized carbons (Fsp3) is 0.462. The second-order valence-electron chi connectivity index (χ2n) is 4.28. The van der Waals surface area contributed by atoms with E-state index in [9.17, 15) is 4.79 Å². The monoisotopic (exact) mass is 235 g/mol. The number of benzene rings is 1. The van der Waals surface area contributed by atoms with E-state index in [0.717, 1.165) is 36.3 Å². The molecule has 94 valence electrons. The summed E-state index contributed by atoms with van der Waals surface area (Å²) in [6.07, 6.45) is 2.11.